The number of rotatable bonds is 6. The molecule has 0 fully saturated rings. The average molecular weight is 330 g/mol. The van der Waals surface area contributed by atoms with E-state index in [1.165, 1.54) is 23.9 Å². The number of sulfonamides is 1. The zero-order valence-electron chi connectivity index (χ0n) is 13.3. The monoisotopic (exact) mass is 330 g/mol. The minimum absolute atomic E-state index is 0.135. The number of nitrogens with zero attached hydrogens (tertiary/aromatic N) is 1. The maximum absolute atomic E-state index is 11.5. The summed E-state index contributed by atoms with van der Waals surface area (Å²) in [6, 6.07) is 16.8. The Morgan fingerprint density at radius 2 is 1.87 bits per heavy atom. The summed E-state index contributed by atoms with van der Waals surface area (Å²) in [4.78, 5) is 2.39. The summed E-state index contributed by atoms with van der Waals surface area (Å²) in [7, 11) is -1.69. The average Bonchev–Trinajstić information content (AvgIpc) is 2.96. The van der Waals surface area contributed by atoms with Crippen molar-refractivity contribution in [2.75, 3.05) is 24.2 Å². The number of aryl methyl sites for hydroxylation is 1. The van der Waals surface area contributed by atoms with Crippen molar-refractivity contribution in [2.24, 2.45) is 0 Å². The molecule has 0 spiro atoms. The molecule has 23 heavy (non-hydrogen) atoms. The highest BCUT2D eigenvalue weighted by Gasteiger charge is 2.19. The predicted octanol–water partition coefficient (Wildman–Crippen LogP) is 2.34. The van der Waals surface area contributed by atoms with Crippen LogP contribution in [0.5, 0.6) is 0 Å². The van der Waals surface area contributed by atoms with Crippen molar-refractivity contribution in [3.05, 3.63) is 65.2 Å². The third-order valence-corrected chi connectivity index (χ3v) is 5.69. The van der Waals surface area contributed by atoms with Crippen LogP contribution in [-0.4, -0.2) is 27.8 Å². The zero-order chi connectivity index (χ0) is 16.3. The molecule has 4 nitrogen and oxygen atoms in total. The van der Waals surface area contributed by atoms with Crippen LogP contribution in [-0.2, 0) is 29.4 Å². The lowest BCUT2D eigenvalue weighted by atomic mass is 10.1. The van der Waals surface area contributed by atoms with E-state index < -0.39 is 10.0 Å². The number of hydrogen-bond acceptors (Lipinski definition) is 3. The summed E-state index contributed by atoms with van der Waals surface area (Å²) in [5, 5.41) is 0. The lowest BCUT2D eigenvalue weighted by molar-refractivity contribution is 0.587. The van der Waals surface area contributed by atoms with Crippen LogP contribution in [0.3, 0.4) is 0 Å². The zero-order valence-corrected chi connectivity index (χ0v) is 14.1. The van der Waals surface area contributed by atoms with E-state index in [4.69, 9.17) is 0 Å². The summed E-state index contributed by atoms with van der Waals surface area (Å²) < 4.78 is 25.4. The van der Waals surface area contributed by atoms with Crippen molar-refractivity contribution < 1.29 is 8.42 Å². The van der Waals surface area contributed by atoms with E-state index in [1.807, 2.05) is 12.1 Å². The van der Waals surface area contributed by atoms with Crippen LogP contribution in [0.4, 0.5) is 5.69 Å². The number of benzene rings is 2. The molecule has 0 amide bonds. The molecule has 1 aliphatic rings. The first-order chi connectivity index (χ1) is 11.1. The molecule has 0 saturated heterocycles. The minimum Gasteiger partial charge on any atom is -0.367 e. The Bertz CT molecular complexity index is 773. The van der Waals surface area contributed by atoms with E-state index in [0.29, 0.717) is 6.42 Å². The Hall–Kier alpha value is -1.85. The van der Waals surface area contributed by atoms with E-state index in [9.17, 15) is 8.42 Å². The summed E-state index contributed by atoms with van der Waals surface area (Å²) >= 11 is 0. The van der Waals surface area contributed by atoms with E-state index in [0.717, 1.165) is 25.1 Å². The first kappa shape index (κ1) is 16.0. The molecule has 2 aromatic rings. The third kappa shape index (κ3) is 3.92. The van der Waals surface area contributed by atoms with E-state index in [-0.39, 0.29) is 5.75 Å². The van der Waals surface area contributed by atoms with Crippen molar-refractivity contribution >= 4 is 15.7 Å². The highest BCUT2D eigenvalue weighted by Crippen LogP contribution is 2.30. The molecular formula is C18H22N2O2S. The van der Waals surface area contributed by atoms with Crippen LogP contribution in [0.2, 0.25) is 0 Å². The molecule has 2 aromatic carbocycles. The molecule has 0 aliphatic carbocycles. The van der Waals surface area contributed by atoms with Gasteiger partial charge in [-0.25, -0.2) is 13.1 Å². The fraction of sp³-hybridized carbons (Fsp3) is 0.333. The largest absolute Gasteiger partial charge is 0.367 e. The number of nitrogens with one attached hydrogen (secondary N) is 1. The second-order valence-corrected chi connectivity index (χ2v) is 7.94. The first-order valence-corrected chi connectivity index (χ1v) is 9.54. The van der Waals surface area contributed by atoms with Gasteiger partial charge < -0.3 is 4.90 Å². The molecule has 1 aliphatic heterocycles. The smallest absolute Gasteiger partial charge is 0.211 e. The van der Waals surface area contributed by atoms with Gasteiger partial charge in [-0.1, -0.05) is 42.5 Å². The molecule has 122 valence electrons. The molecule has 3 rings (SSSR count). The Kier molecular flexibility index (Phi) is 4.68. The number of hydrogen-bond donors (Lipinski definition) is 1. The normalized spacial score (nSPS) is 14.0. The van der Waals surface area contributed by atoms with Gasteiger partial charge in [0.05, 0.1) is 5.75 Å². The maximum Gasteiger partial charge on any atom is 0.211 e. The van der Waals surface area contributed by atoms with Crippen LogP contribution in [0.25, 0.3) is 0 Å². The highest BCUT2D eigenvalue weighted by molar-refractivity contribution is 7.89. The van der Waals surface area contributed by atoms with Gasteiger partial charge in [-0.05, 0) is 42.6 Å². The Morgan fingerprint density at radius 1 is 1.09 bits per heavy atom. The van der Waals surface area contributed by atoms with E-state index >= 15 is 0 Å². The van der Waals surface area contributed by atoms with Crippen molar-refractivity contribution in [3.8, 4) is 0 Å². The van der Waals surface area contributed by atoms with Gasteiger partial charge in [0.15, 0.2) is 0 Å². The topological polar surface area (TPSA) is 49.4 Å². The number of fused-ring (bicyclic) bond motifs is 1. The number of anilines is 1. The molecule has 1 heterocycles. The lowest BCUT2D eigenvalue weighted by Crippen LogP contribution is -2.23. The second kappa shape index (κ2) is 6.72. The molecule has 1 N–H and O–H groups in total. The van der Waals surface area contributed by atoms with Gasteiger partial charge in [0.2, 0.25) is 10.0 Å². The van der Waals surface area contributed by atoms with Crippen LogP contribution < -0.4 is 9.62 Å². The Morgan fingerprint density at radius 3 is 2.61 bits per heavy atom. The minimum atomic E-state index is -3.14. The van der Waals surface area contributed by atoms with Gasteiger partial charge in [0.25, 0.3) is 0 Å². The molecule has 0 saturated carbocycles. The van der Waals surface area contributed by atoms with Crippen molar-refractivity contribution in [1.29, 1.82) is 0 Å². The Labute approximate surface area is 138 Å². The molecule has 0 atom stereocenters. The second-order valence-electron chi connectivity index (χ2n) is 5.89. The van der Waals surface area contributed by atoms with Gasteiger partial charge in [0.1, 0.15) is 0 Å². The van der Waals surface area contributed by atoms with Gasteiger partial charge in [0, 0.05) is 18.8 Å². The van der Waals surface area contributed by atoms with Gasteiger partial charge in [-0.2, -0.15) is 0 Å². The van der Waals surface area contributed by atoms with Gasteiger partial charge in [-0.3, -0.25) is 0 Å². The standard InChI is InChI=1S/C18H22N2O2S/c1-19-23(21,22)12-10-15-7-8-18-17(13-15)9-11-20(18)14-16-5-3-2-4-6-16/h2-8,13,19H,9-12,14H2,1H3. The SMILES string of the molecule is CNS(=O)(=O)CCc1ccc2c(c1)CCN2Cc1ccccc1. The van der Waals surface area contributed by atoms with E-state index in [2.05, 4.69) is 46.0 Å². The maximum atomic E-state index is 11.5. The van der Waals surface area contributed by atoms with Crippen LogP contribution in [0, 0.1) is 0 Å². The molecule has 0 bridgehead atoms. The fourth-order valence-corrected chi connectivity index (χ4v) is 3.71. The summed E-state index contributed by atoms with van der Waals surface area (Å²) in [6.45, 7) is 1.93. The van der Waals surface area contributed by atoms with Crippen LogP contribution in [0.1, 0.15) is 16.7 Å². The fourth-order valence-electron chi connectivity index (χ4n) is 3.00. The van der Waals surface area contributed by atoms with Crippen molar-refractivity contribution in [3.63, 3.8) is 0 Å². The predicted molar refractivity (Wildman–Crippen MR) is 94.2 cm³/mol. The Balaban J connectivity index is 1.70. The third-order valence-electron chi connectivity index (χ3n) is 4.32. The molecular weight excluding hydrogens is 308 g/mol. The summed E-state index contributed by atoms with van der Waals surface area (Å²) in [5.74, 6) is 0.135. The first-order valence-electron chi connectivity index (χ1n) is 7.89. The summed E-state index contributed by atoms with van der Waals surface area (Å²) in [6.07, 6.45) is 1.57. The van der Waals surface area contributed by atoms with E-state index in [1.54, 1.807) is 0 Å². The van der Waals surface area contributed by atoms with Crippen molar-refractivity contribution in [1.82, 2.24) is 4.72 Å². The molecule has 0 unspecified atom stereocenters. The summed E-state index contributed by atoms with van der Waals surface area (Å²) in [5.41, 5.74) is 4.99. The van der Waals surface area contributed by atoms with Gasteiger partial charge in [-0.15, -0.1) is 0 Å². The van der Waals surface area contributed by atoms with Crippen LogP contribution in [0.15, 0.2) is 48.5 Å². The molecule has 5 heteroatoms. The highest BCUT2D eigenvalue weighted by atomic mass is 32.2. The van der Waals surface area contributed by atoms with Crippen molar-refractivity contribution in [2.45, 2.75) is 19.4 Å². The quantitative estimate of drug-likeness (QED) is 0.884. The lowest BCUT2D eigenvalue weighted by Gasteiger charge is -2.19. The molecule has 0 radical (unpaired) electrons. The van der Waals surface area contributed by atoms with Gasteiger partial charge >= 0.3 is 0 Å². The van der Waals surface area contributed by atoms with Crippen LogP contribution >= 0.6 is 0 Å². The molecule has 0 aromatic heterocycles.